The van der Waals surface area contributed by atoms with E-state index in [1.54, 1.807) is 0 Å². The van der Waals surface area contributed by atoms with Crippen LogP contribution in [-0.2, 0) is 11.3 Å². The van der Waals surface area contributed by atoms with Crippen molar-refractivity contribution in [2.24, 2.45) is 5.92 Å². The van der Waals surface area contributed by atoms with Crippen LogP contribution >= 0.6 is 22.9 Å². The fourth-order valence-electron chi connectivity index (χ4n) is 3.59. The van der Waals surface area contributed by atoms with Crippen molar-refractivity contribution in [1.29, 1.82) is 0 Å². The van der Waals surface area contributed by atoms with Gasteiger partial charge < -0.3 is 10.2 Å². The predicted octanol–water partition coefficient (Wildman–Crippen LogP) is 4.48. The van der Waals surface area contributed by atoms with Crippen LogP contribution < -0.4 is 5.32 Å². The van der Waals surface area contributed by atoms with Gasteiger partial charge in [0, 0.05) is 19.5 Å². The molecule has 136 valence electrons. The number of fused-ring (bicyclic) bond motifs is 1. The summed E-state index contributed by atoms with van der Waals surface area (Å²) in [6, 6.07) is 4.13. The molecule has 0 spiro atoms. The van der Waals surface area contributed by atoms with Crippen LogP contribution in [0.4, 0.5) is 5.13 Å². The summed E-state index contributed by atoms with van der Waals surface area (Å²) in [5, 5.41) is 3.78. The third-order valence-corrected chi connectivity index (χ3v) is 6.54. The molecular formula is C19H20ClN3O2S. The first-order chi connectivity index (χ1) is 12.3. The highest BCUT2D eigenvalue weighted by Gasteiger charge is 2.39. The van der Waals surface area contributed by atoms with E-state index in [1.807, 2.05) is 24.0 Å². The largest absolute Gasteiger partial charge is 0.331 e. The lowest BCUT2D eigenvalue weighted by Gasteiger charge is -2.23. The van der Waals surface area contributed by atoms with Crippen molar-refractivity contribution in [2.75, 3.05) is 5.32 Å². The molecular weight excluding hydrogens is 370 g/mol. The number of amides is 2. The Labute approximate surface area is 161 Å². The smallest absolute Gasteiger partial charge is 0.256 e. The molecule has 2 amide bonds. The number of hydrogen-bond acceptors (Lipinski definition) is 4. The van der Waals surface area contributed by atoms with Crippen molar-refractivity contribution < 1.29 is 9.59 Å². The second-order valence-electron chi connectivity index (χ2n) is 7.12. The van der Waals surface area contributed by atoms with Crippen molar-refractivity contribution in [1.82, 2.24) is 9.88 Å². The number of rotatable bonds is 4. The Morgan fingerprint density at radius 2 is 2.15 bits per heavy atom. The predicted molar refractivity (Wildman–Crippen MR) is 104 cm³/mol. The molecule has 1 saturated carbocycles. The number of aromatic nitrogens is 1. The second-order valence-corrected chi connectivity index (χ2v) is 8.52. The highest BCUT2D eigenvalue weighted by Crippen LogP contribution is 2.42. The monoisotopic (exact) mass is 389 g/mol. The molecule has 0 bridgehead atoms. The van der Waals surface area contributed by atoms with E-state index in [1.165, 1.54) is 31.1 Å². The maximum absolute atomic E-state index is 12.8. The summed E-state index contributed by atoms with van der Waals surface area (Å²) >= 11 is 7.91. The number of benzene rings is 1. The number of halogens is 1. The van der Waals surface area contributed by atoms with Crippen LogP contribution in [0.1, 0.15) is 48.3 Å². The Bertz CT molecular complexity index is 920. The van der Waals surface area contributed by atoms with Gasteiger partial charge in [0.25, 0.3) is 5.91 Å². The Morgan fingerprint density at radius 1 is 1.42 bits per heavy atom. The summed E-state index contributed by atoms with van der Waals surface area (Å²) in [6.07, 6.45) is 2.40. The average Bonchev–Trinajstić information content (AvgIpc) is 3.27. The zero-order valence-corrected chi connectivity index (χ0v) is 16.5. The zero-order chi connectivity index (χ0) is 18.6. The van der Waals surface area contributed by atoms with E-state index in [0.717, 1.165) is 21.7 Å². The number of aryl methyl sites for hydroxylation is 1. The fourth-order valence-corrected chi connectivity index (χ4v) is 4.91. The van der Waals surface area contributed by atoms with Crippen LogP contribution in [0.25, 0.3) is 10.4 Å². The molecule has 1 atom stereocenters. The van der Waals surface area contributed by atoms with E-state index in [0.29, 0.717) is 28.2 Å². The highest BCUT2D eigenvalue weighted by atomic mass is 35.5. The topological polar surface area (TPSA) is 62.3 Å². The first kappa shape index (κ1) is 17.5. The Hall–Kier alpha value is -1.92. The molecule has 1 aromatic carbocycles. The van der Waals surface area contributed by atoms with Gasteiger partial charge in [-0.25, -0.2) is 4.98 Å². The average molecular weight is 390 g/mol. The van der Waals surface area contributed by atoms with Gasteiger partial charge in [0.05, 0.1) is 21.2 Å². The van der Waals surface area contributed by atoms with Gasteiger partial charge in [0.1, 0.15) is 0 Å². The van der Waals surface area contributed by atoms with Gasteiger partial charge in [-0.2, -0.15) is 0 Å². The molecule has 26 heavy (non-hydrogen) atoms. The first-order valence-corrected chi connectivity index (χ1v) is 9.93. The molecule has 0 radical (unpaired) electrons. The van der Waals surface area contributed by atoms with Gasteiger partial charge in [0.2, 0.25) is 5.91 Å². The van der Waals surface area contributed by atoms with E-state index >= 15 is 0 Å². The van der Waals surface area contributed by atoms with Crippen LogP contribution in [0.2, 0.25) is 5.02 Å². The second kappa shape index (κ2) is 6.35. The maximum atomic E-state index is 12.8. The van der Waals surface area contributed by atoms with E-state index in [9.17, 15) is 9.59 Å². The summed E-state index contributed by atoms with van der Waals surface area (Å²) in [4.78, 5) is 31.4. The molecule has 0 saturated heterocycles. The lowest BCUT2D eigenvalue weighted by molar-refractivity contribution is -0.114. The first-order valence-electron chi connectivity index (χ1n) is 8.74. The van der Waals surface area contributed by atoms with Gasteiger partial charge in [-0.05, 0) is 55.9 Å². The molecule has 0 unspecified atom stereocenters. The van der Waals surface area contributed by atoms with E-state index in [-0.39, 0.29) is 17.9 Å². The van der Waals surface area contributed by atoms with Crippen molar-refractivity contribution in [3.63, 3.8) is 0 Å². The molecule has 1 fully saturated rings. The Kier molecular flexibility index (Phi) is 4.28. The summed E-state index contributed by atoms with van der Waals surface area (Å²) < 4.78 is 0. The number of carbonyl (C=O) groups is 2. The number of hydrogen-bond donors (Lipinski definition) is 1. The molecule has 5 nitrogen and oxygen atoms in total. The minimum absolute atomic E-state index is 0.0379. The summed E-state index contributed by atoms with van der Waals surface area (Å²) in [7, 11) is 0. The van der Waals surface area contributed by atoms with E-state index in [2.05, 4.69) is 17.2 Å². The molecule has 1 aromatic heterocycles. The zero-order valence-electron chi connectivity index (χ0n) is 14.9. The minimum atomic E-state index is -0.146. The Balaban J connectivity index is 1.69. The molecule has 1 N–H and O–H groups in total. The van der Waals surface area contributed by atoms with Crippen molar-refractivity contribution >= 4 is 39.9 Å². The lowest BCUT2D eigenvalue weighted by Crippen LogP contribution is -2.34. The maximum Gasteiger partial charge on any atom is 0.256 e. The Morgan fingerprint density at radius 3 is 2.81 bits per heavy atom. The quantitative estimate of drug-likeness (QED) is 0.838. The third-order valence-electron chi connectivity index (χ3n) is 5.12. The third kappa shape index (κ3) is 3.01. The fraction of sp³-hybridized carbons (Fsp3) is 0.421. The van der Waals surface area contributed by atoms with Gasteiger partial charge in [0.15, 0.2) is 5.13 Å². The molecule has 4 rings (SSSR count). The van der Waals surface area contributed by atoms with Crippen molar-refractivity contribution in [3.8, 4) is 10.4 Å². The number of anilines is 1. The molecule has 1 aliphatic heterocycles. The summed E-state index contributed by atoms with van der Waals surface area (Å²) in [5.74, 6) is 0.513. The van der Waals surface area contributed by atoms with Gasteiger partial charge in [-0.1, -0.05) is 22.9 Å². The SMILES string of the molecule is CC(=O)Nc1nc(C)c(-c2cc(Cl)c3c(c2)CN([C@H](C)C2CC2)C3=O)s1. The van der Waals surface area contributed by atoms with Crippen LogP contribution in [0.5, 0.6) is 0 Å². The summed E-state index contributed by atoms with van der Waals surface area (Å²) in [5.41, 5.74) is 3.38. The lowest BCUT2D eigenvalue weighted by atomic mass is 10.0. The van der Waals surface area contributed by atoms with E-state index in [4.69, 9.17) is 11.6 Å². The molecule has 1 aliphatic carbocycles. The molecule has 2 heterocycles. The molecule has 7 heteroatoms. The van der Waals surface area contributed by atoms with Crippen molar-refractivity contribution in [2.45, 2.75) is 46.2 Å². The summed E-state index contributed by atoms with van der Waals surface area (Å²) in [6.45, 7) is 6.11. The van der Waals surface area contributed by atoms with Crippen LogP contribution in [0.15, 0.2) is 12.1 Å². The molecule has 2 aliphatic rings. The minimum Gasteiger partial charge on any atom is -0.331 e. The number of nitrogens with one attached hydrogen (secondary N) is 1. The van der Waals surface area contributed by atoms with Gasteiger partial charge in [-0.3, -0.25) is 9.59 Å². The number of nitrogens with zero attached hydrogens (tertiary/aromatic N) is 2. The standard InChI is InChI=1S/C19H20ClN3O2S/c1-9-17(26-19(21-9)22-11(3)24)13-6-14-8-23(10(2)12-4-5-12)18(25)16(14)15(20)7-13/h6-7,10,12H,4-5,8H2,1-3H3,(H,21,22,24)/t10-/m1/s1. The molecule has 2 aromatic rings. The highest BCUT2D eigenvalue weighted by molar-refractivity contribution is 7.19. The van der Waals surface area contributed by atoms with Crippen LogP contribution in [0.3, 0.4) is 0 Å². The van der Waals surface area contributed by atoms with Gasteiger partial charge >= 0.3 is 0 Å². The van der Waals surface area contributed by atoms with Crippen LogP contribution in [0, 0.1) is 12.8 Å². The van der Waals surface area contributed by atoms with E-state index < -0.39 is 0 Å². The number of carbonyl (C=O) groups excluding carboxylic acids is 2. The van der Waals surface area contributed by atoms with Crippen molar-refractivity contribution in [3.05, 3.63) is 34.0 Å². The van der Waals surface area contributed by atoms with Gasteiger partial charge in [-0.15, -0.1) is 0 Å². The van der Waals surface area contributed by atoms with Crippen LogP contribution in [-0.4, -0.2) is 27.7 Å². The normalized spacial score (nSPS) is 17.4. The number of thiazole rings is 1.